The molecule has 1 fully saturated rings. The van der Waals surface area contributed by atoms with Crippen LogP contribution in [0.25, 0.3) is 0 Å². The zero-order valence-electron chi connectivity index (χ0n) is 9.16. The lowest BCUT2D eigenvalue weighted by Gasteiger charge is -2.32. The smallest absolute Gasteiger partial charge is 0.0563 e. The second-order valence-electron chi connectivity index (χ2n) is 4.77. The summed E-state index contributed by atoms with van der Waals surface area (Å²) in [6, 6.07) is 4.23. The molecule has 2 rings (SSSR count). The molecule has 0 amide bonds. The number of aromatic nitrogens is 1. The molecule has 0 aromatic carbocycles. The number of hydrogen-bond donors (Lipinski definition) is 1. The quantitative estimate of drug-likeness (QED) is 0.766. The minimum Gasteiger partial charge on any atom is -0.353 e. The van der Waals surface area contributed by atoms with Gasteiger partial charge in [0.1, 0.15) is 0 Å². The molecule has 0 saturated heterocycles. The Morgan fingerprint density at radius 2 is 2.07 bits per heavy atom. The van der Waals surface area contributed by atoms with E-state index in [0.29, 0.717) is 5.92 Å². The molecule has 1 aliphatic rings. The number of nitrogens with zero attached hydrogens (tertiary/aromatic N) is 1. The third-order valence-corrected chi connectivity index (χ3v) is 3.70. The molecule has 0 aliphatic heterocycles. The van der Waals surface area contributed by atoms with Crippen molar-refractivity contribution in [3.05, 3.63) is 24.0 Å². The van der Waals surface area contributed by atoms with Crippen molar-refractivity contribution in [1.82, 2.24) is 4.57 Å². The highest BCUT2D eigenvalue weighted by atomic mass is 15.0. The zero-order chi connectivity index (χ0) is 10.2. The van der Waals surface area contributed by atoms with Crippen LogP contribution in [0, 0.1) is 5.92 Å². The normalized spacial score (nSPS) is 22.5. The van der Waals surface area contributed by atoms with E-state index < -0.39 is 0 Å². The summed E-state index contributed by atoms with van der Waals surface area (Å²) in [5.74, 6) is 0.663. The maximum absolute atomic E-state index is 6.47. The highest BCUT2D eigenvalue weighted by Gasteiger charge is 2.35. The Hall–Kier alpha value is -0.760. The first-order chi connectivity index (χ1) is 6.62. The standard InChI is InChI=1S/C12H20N2/c1-12(13,10-6-3-4-7-10)11-8-5-9-14(11)2/h5,8-10H,3-4,6-7,13H2,1-2H3. The van der Waals surface area contributed by atoms with Crippen molar-refractivity contribution < 1.29 is 0 Å². The van der Waals surface area contributed by atoms with Gasteiger partial charge in [0.15, 0.2) is 0 Å². The molecule has 0 radical (unpaired) electrons. The Bertz CT molecular complexity index is 306. The van der Waals surface area contributed by atoms with Gasteiger partial charge in [0, 0.05) is 18.9 Å². The van der Waals surface area contributed by atoms with Gasteiger partial charge in [0.05, 0.1) is 5.54 Å². The van der Waals surface area contributed by atoms with E-state index in [-0.39, 0.29) is 5.54 Å². The molecule has 14 heavy (non-hydrogen) atoms. The molecule has 2 N–H and O–H groups in total. The van der Waals surface area contributed by atoms with Crippen molar-refractivity contribution in [3.63, 3.8) is 0 Å². The molecular formula is C12H20N2. The van der Waals surface area contributed by atoms with Crippen LogP contribution < -0.4 is 5.73 Å². The summed E-state index contributed by atoms with van der Waals surface area (Å²) in [7, 11) is 2.08. The molecule has 1 saturated carbocycles. The Balaban J connectivity index is 2.26. The van der Waals surface area contributed by atoms with Crippen LogP contribution in [0.1, 0.15) is 38.3 Å². The molecule has 1 aliphatic carbocycles. The molecular weight excluding hydrogens is 172 g/mol. The summed E-state index contributed by atoms with van der Waals surface area (Å²) >= 11 is 0. The third-order valence-electron chi connectivity index (χ3n) is 3.70. The van der Waals surface area contributed by atoms with Gasteiger partial charge in [-0.25, -0.2) is 0 Å². The molecule has 78 valence electrons. The summed E-state index contributed by atoms with van der Waals surface area (Å²) in [4.78, 5) is 0. The molecule has 1 unspecified atom stereocenters. The van der Waals surface area contributed by atoms with Gasteiger partial charge in [-0.05, 0) is 37.8 Å². The monoisotopic (exact) mass is 192 g/mol. The van der Waals surface area contributed by atoms with Gasteiger partial charge in [0.25, 0.3) is 0 Å². The Morgan fingerprint density at radius 3 is 2.57 bits per heavy atom. The van der Waals surface area contributed by atoms with Crippen LogP contribution in [0.2, 0.25) is 0 Å². The van der Waals surface area contributed by atoms with Crippen molar-refractivity contribution in [3.8, 4) is 0 Å². The van der Waals surface area contributed by atoms with Gasteiger partial charge in [-0.1, -0.05) is 12.8 Å². The van der Waals surface area contributed by atoms with Gasteiger partial charge in [-0.2, -0.15) is 0 Å². The van der Waals surface area contributed by atoms with Crippen LogP contribution in [0.15, 0.2) is 18.3 Å². The van der Waals surface area contributed by atoms with Crippen molar-refractivity contribution in [1.29, 1.82) is 0 Å². The maximum Gasteiger partial charge on any atom is 0.0563 e. The number of hydrogen-bond acceptors (Lipinski definition) is 1. The topological polar surface area (TPSA) is 30.9 Å². The lowest BCUT2D eigenvalue weighted by molar-refractivity contribution is 0.292. The van der Waals surface area contributed by atoms with E-state index in [1.54, 1.807) is 0 Å². The molecule has 1 aromatic heterocycles. The van der Waals surface area contributed by atoms with E-state index in [1.807, 2.05) is 0 Å². The predicted molar refractivity (Wildman–Crippen MR) is 58.9 cm³/mol. The largest absolute Gasteiger partial charge is 0.353 e. The number of nitrogens with two attached hydrogens (primary N) is 1. The fourth-order valence-electron chi connectivity index (χ4n) is 2.76. The summed E-state index contributed by atoms with van der Waals surface area (Å²) in [5.41, 5.74) is 7.59. The van der Waals surface area contributed by atoms with E-state index in [2.05, 4.69) is 36.9 Å². The van der Waals surface area contributed by atoms with Crippen LogP contribution in [0.3, 0.4) is 0 Å². The summed E-state index contributed by atoms with van der Waals surface area (Å²) < 4.78 is 2.15. The van der Waals surface area contributed by atoms with Crippen LogP contribution in [0.5, 0.6) is 0 Å². The van der Waals surface area contributed by atoms with E-state index in [9.17, 15) is 0 Å². The van der Waals surface area contributed by atoms with Gasteiger partial charge in [-0.3, -0.25) is 0 Å². The molecule has 1 aromatic rings. The Labute approximate surface area is 86.1 Å². The number of rotatable bonds is 2. The zero-order valence-corrected chi connectivity index (χ0v) is 9.16. The van der Waals surface area contributed by atoms with Crippen molar-refractivity contribution >= 4 is 0 Å². The van der Waals surface area contributed by atoms with Crippen molar-refractivity contribution in [2.24, 2.45) is 18.7 Å². The van der Waals surface area contributed by atoms with E-state index >= 15 is 0 Å². The average Bonchev–Trinajstić information content (AvgIpc) is 2.72. The van der Waals surface area contributed by atoms with Crippen molar-refractivity contribution in [2.75, 3.05) is 0 Å². The molecule has 0 bridgehead atoms. The highest BCUT2D eigenvalue weighted by molar-refractivity contribution is 5.18. The van der Waals surface area contributed by atoms with E-state index in [0.717, 1.165) is 0 Å². The van der Waals surface area contributed by atoms with Crippen LogP contribution in [-0.2, 0) is 12.6 Å². The van der Waals surface area contributed by atoms with Gasteiger partial charge in [0.2, 0.25) is 0 Å². The molecule has 1 heterocycles. The lowest BCUT2D eigenvalue weighted by Crippen LogP contribution is -2.41. The fraction of sp³-hybridized carbons (Fsp3) is 0.667. The first-order valence-corrected chi connectivity index (χ1v) is 5.53. The van der Waals surface area contributed by atoms with Crippen LogP contribution in [-0.4, -0.2) is 4.57 Å². The minimum absolute atomic E-state index is 0.144. The van der Waals surface area contributed by atoms with Crippen molar-refractivity contribution in [2.45, 2.75) is 38.1 Å². The first-order valence-electron chi connectivity index (χ1n) is 5.53. The van der Waals surface area contributed by atoms with Gasteiger partial charge < -0.3 is 10.3 Å². The maximum atomic E-state index is 6.47. The predicted octanol–water partition coefficient (Wildman–Crippen LogP) is 2.39. The van der Waals surface area contributed by atoms with E-state index in [4.69, 9.17) is 5.73 Å². The second-order valence-corrected chi connectivity index (χ2v) is 4.77. The van der Waals surface area contributed by atoms with Gasteiger partial charge >= 0.3 is 0 Å². The Kier molecular flexibility index (Phi) is 2.40. The molecule has 2 heteroatoms. The van der Waals surface area contributed by atoms with Crippen LogP contribution >= 0.6 is 0 Å². The van der Waals surface area contributed by atoms with Crippen LogP contribution in [0.4, 0.5) is 0 Å². The first kappa shape index (κ1) is 9.78. The summed E-state index contributed by atoms with van der Waals surface area (Å²) in [6.45, 7) is 2.18. The lowest BCUT2D eigenvalue weighted by atomic mass is 9.82. The van der Waals surface area contributed by atoms with Gasteiger partial charge in [-0.15, -0.1) is 0 Å². The SMILES string of the molecule is Cn1cccc1C(C)(N)C1CCCC1. The highest BCUT2D eigenvalue weighted by Crippen LogP contribution is 2.38. The molecule has 2 nitrogen and oxygen atoms in total. The minimum atomic E-state index is -0.144. The summed E-state index contributed by atoms with van der Waals surface area (Å²) in [5, 5.41) is 0. The second kappa shape index (κ2) is 3.43. The molecule has 0 spiro atoms. The fourth-order valence-corrected chi connectivity index (χ4v) is 2.76. The summed E-state index contributed by atoms with van der Waals surface area (Å²) in [6.07, 6.45) is 7.36. The number of aryl methyl sites for hydroxylation is 1. The molecule has 1 atom stereocenters. The average molecular weight is 192 g/mol. The third kappa shape index (κ3) is 1.48. The van der Waals surface area contributed by atoms with E-state index in [1.165, 1.54) is 31.4 Å². The Morgan fingerprint density at radius 1 is 1.43 bits per heavy atom.